The van der Waals surface area contributed by atoms with E-state index in [1.54, 1.807) is 12.1 Å². The lowest BCUT2D eigenvalue weighted by Crippen LogP contribution is -2.33. The van der Waals surface area contributed by atoms with Crippen molar-refractivity contribution in [1.29, 1.82) is 0 Å². The molecule has 2 N–H and O–H groups in total. The van der Waals surface area contributed by atoms with Gasteiger partial charge in [0, 0.05) is 25.7 Å². The zero-order valence-corrected chi connectivity index (χ0v) is 10.5. The van der Waals surface area contributed by atoms with E-state index in [9.17, 15) is 5.11 Å². The van der Waals surface area contributed by atoms with Gasteiger partial charge in [0.25, 0.3) is 0 Å². The Morgan fingerprint density at radius 2 is 2.00 bits per heavy atom. The maximum Gasteiger partial charge on any atom is 0.115 e. The highest BCUT2D eigenvalue weighted by Gasteiger charge is 2.26. The van der Waals surface area contributed by atoms with E-state index < -0.39 is 0 Å². The third-order valence-electron chi connectivity index (χ3n) is 3.31. The highest BCUT2D eigenvalue weighted by Crippen LogP contribution is 2.25. The molecule has 17 heavy (non-hydrogen) atoms. The van der Waals surface area contributed by atoms with Crippen LogP contribution in [0.25, 0.3) is 0 Å². The molecular formula is C14H22N2O. The van der Waals surface area contributed by atoms with Crippen LogP contribution < -0.4 is 5.32 Å². The Morgan fingerprint density at radius 1 is 1.29 bits per heavy atom. The summed E-state index contributed by atoms with van der Waals surface area (Å²) >= 11 is 0. The van der Waals surface area contributed by atoms with E-state index in [1.807, 2.05) is 12.1 Å². The normalized spacial score (nSPS) is 15.4. The Labute approximate surface area is 103 Å². The number of hydrogen-bond donors (Lipinski definition) is 2. The lowest BCUT2D eigenvalue weighted by molar-refractivity contribution is 0.277. The molecule has 1 saturated carbocycles. The monoisotopic (exact) mass is 234 g/mol. The molecule has 0 spiro atoms. The Morgan fingerprint density at radius 3 is 2.59 bits per heavy atom. The third-order valence-corrected chi connectivity index (χ3v) is 3.31. The predicted molar refractivity (Wildman–Crippen MR) is 70.1 cm³/mol. The van der Waals surface area contributed by atoms with E-state index in [0.717, 1.165) is 32.2 Å². The van der Waals surface area contributed by atoms with Crippen LogP contribution in [-0.2, 0) is 6.54 Å². The SMILES string of the molecule is CCN(CCNCc1ccc(O)cc1)C1CC1. The number of phenols is 1. The zero-order valence-electron chi connectivity index (χ0n) is 10.5. The van der Waals surface area contributed by atoms with Gasteiger partial charge in [0.1, 0.15) is 5.75 Å². The van der Waals surface area contributed by atoms with Crippen molar-refractivity contribution in [3.05, 3.63) is 29.8 Å². The summed E-state index contributed by atoms with van der Waals surface area (Å²) in [5.74, 6) is 0.333. The molecule has 1 fully saturated rings. The summed E-state index contributed by atoms with van der Waals surface area (Å²) in [5, 5.41) is 12.6. The number of nitrogens with one attached hydrogen (secondary N) is 1. The highest BCUT2D eigenvalue weighted by atomic mass is 16.3. The van der Waals surface area contributed by atoms with E-state index in [0.29, 0.717) is 5.75 Å². The lowest BCUT2D eigenvalue weighted by Gasteiger charge is -2.19. The van der Waals surface area contributed by atoms with Gasteiger partial charge in [-0.3, -0.25) is 4.90 Å². The molecule has 0 aliphatic heterocycles. The highest BCUT2D eigenvalue weighted by molar-refractivity contribution is 5.25. The third kappa shape index (κ3) is 4.02. The van der Waals surface area contributed by atoms with Crippen LogP contribution in [0.15, 0.2) is 24.3 Å². The molecule has 3 nitrogen and oxygen atoms in total. The summed E-state index contributed by atoms with van der Waals surface area (Å²) in [6.07, 6.45) is 2.76. The summed E-state index contributed by atoms with van der Waals surface area (Å²) in [4.78, 5) is 2.55. The predicted octanol–water partition coefficient (Wildman–Crippen LogP) is 1.97. The van der Waals surface area contributed by atoms with Crippen LogP contribution in [0.3, 0.4) is 0 Å². The van der Waals surface area contributed by atoms with Crippen molar-refractivity contribution in [2.24, 2.45) is 0 Å². The fourth-order valence-corrected chi connectivity index (χ4v) is 2.11. The molecule has 0 aromatic heterocycles. The largest absolute Gasteiger partial charge is 0.508 e. The van der Waals surface area contributed by atoms with Gasteiger partial charge in [-0.25, -0.2) is 0 Å². The molecule has 1 aromatic rings. The molecule has 0 amide bonds. The smallest absolute Gasteiger partial charge is 0.115 e. The first kappa shape index (κ1) is 12.4. The minimum absolute atomic E-state index is 0.333. The topological polar surface area (TPSA) is 35.5 Å². The minimum atomic E-state index is 0.333. The summed E-state index contributed by atoms with van der Waals surface area (Å²) in [7, 11) is 0. The van der Waals surface area contributed by atoms with Gasteiger partial charge in [0.2, 0.25) is 0 Å². The van der Waals surface area contributed by atoms with Crippen molar-refractivity contribution in [3.63, 3.8) is 0 Å². The standard InChI is InChI=1S/C14H22N2O/c1-2-16(13-5-6-13)10-9-15-11-12-3-7-14(17)8-4-12/h3-4,7-8,13,15,17H,2,5-6,9-11H2,1H3. The van der Waals surface area contributed by atoms with Gasteiger partial charge in [-0.15, -0.1) is 0 Å². The second-order valence-electron chi connectivity index (χ2n) is 4.70. The van der Waals surface area contributed by atoms with Gasteiger partial charge in [-0.05, 0) is 37.1 Å². The van der Waals surface area contributed by atoms with E-state index in [1.165, 1.54) is 18.4 Å². The first-order valence-corrected chi connectivity index (χ1v) is 6.52. The summed E-state index contributed by atoms with van der Waals surface area (Å²) in [6, 6.07) is 8.25. The molecule has 1 aromatic carbocycles. The molecule has 3 heteroatoms. The van der Waals surface area contributed by atoms with Crippen molar-refractivity contribution in [3.8, 4) is 5.75 Å². The molecule has 1 aliphatic rings. The second-order valence-corrected chi connectivity index (χ2v) is 4.70. The number of hydrogen-bond acceptors (Lipinski definition) is 3. The minimum Gasteiger partial charge on any atom is -0.508 e. The number of benzene rings is 1. The molecular weight excluding hydrogens is 212 g/mol. The summed E-state index contributed by atoms with van der Waals surface area (Å²) in [5.41, 5.74) is 1.22. The fraction of sp³-hybridized carbons (Fsp3) is 0.571. The van der Waals surface area contributed by atoms with E-state index in [-0.39, 0.29) is 0 Å². The van der Waals surface area contributed by atoms with Gasteiger partial charge in [-0.1, -0.05) is 19.1 Å². The number of nitrogens with zero attached hydrogens (tertiary/aromatic N) is 1. The van der Waals surface area contributed by atoms with E-state index in [2.05, 4.69) is 17.1 Å². The van der Waals surface area contributed by atoms with Crippen LogP contribution in [0.4, 0.5) is 0 Å². The van der Waals surface area contributed by atoms with Crippen molar-refractivity contribution < 1.29 is 5.11 Å². The second kappa shape index (κ2) is 6.03. The Hall–Kier alpha value is -1.06. The van der Waals surface area contributed by atoms with E-state index >= 15 is 0 Å². The molecule has 0 unspecified atom stereocenters. The Bertz CT molecular complexity index is 333. The first-order valence-electron chi connectivity index (χ1n) is 6.52. The molecule has 1 aliphatic carbocycles. The molecule has 0 atom stereocenters. The molecule has 0 heterocycles. The van der Waals surface area contributed by atoms with Gasteiger partial charge in [0.15, 0.2) is 0 Å². The van der Waals surface area contributed by atoms with Crippen molar-refractivity contribution in [2.75, 3.05) is 19.6 Å². The van der Waals surface area contributed by atoms with Crippen LogP contribution in [0, 0.1) is 0 Å². The zero-order chi connectivity index (χ0) is 12.1. The van der Waals surface area contributed by atoms with E-state index in [4.69, 9.17) is 0 Å². The molecule has 0 bridgehead atoms. The van der Waals surface area contributed by atoms with Crippen LogP contribution in [0.1, 0.15) is 25.3 Å². The average Bonchev–Trinajstić information content (AvgIpc) is 3.16. The molecule has 0 radical (unpaired) electrons. The van der Waals surface area contributed by atoms with Gasteiger partial charge < -0.3 is 10.4 Å². The number of rotatable bonds is 7. The molecule has 94 valence electrons. The first-order chi connectivity index (χ1) is 8.29. The summed E-state index contributed by atoms with van der Waals surface area (Å²) < 4.78 is 0. The lowest BCUT2D eigenvalue weighted by atomic mass is 10.2. The van der Waals surface area contributed by atoms with Crippen LogP contribution in [-0.4, -0.2) is 35.7 Å². The Balaban J connectivity index is 1.63. The van der Waals surface area contributed by atoms with Gasteiger partial charge >= 0.3 is 0 Å². The number of likely N-dealkylation sites (N-methyl/N-ethyl adjacent to an activating group) is 1. The van der Waals surface area contributed by atoms with Crippen LogP contribution in [0.2, 0.25) is 0 Å². The molecule has 2 rings (SSSR count). The average molecular weight is 234 g/mol. The van der Waals surface area contributed by atoms with Gasteiger partial charge in [0.05, 0.1) is 0 Å². The number of aromatic hydroxyl groups is 1. The summed E-state index contributed by atoms with van der Waals surface area (Å²) in [6.45, 7) is 6.44. The van der Waals surface area contributed by atoms with Crippen molar-refractivity contribution in [2.45, 2.75) is 32.4 Å². The van der Waals surface area contributed by atoms with Crippen LogP contribution >= 0.6 is 0 Å². The molecule has 0 saturated heterocycles. The fourth-order valence-electron chi connectivity index (χ4n) is 2.11. The maximum atomic E-state index is 9.17. The van der Waals surface area contributed by atoms with Gasteiger partial charge in [-0.2, -0.15) is 0 Å². The maximum absolute atomic E-state index is 9.17. The van der Waals surface area contributed by atoms with Crippen molar-refractivity contribution in [1.82, 2.24) is 10.2 Å². The van der Waals surface area contributed by atoms with Crippen LogP contribution in [0.5, 0.6) is 5.75 Å². The number of phenolic OH excluding ortho intramolecular Hbond substituents is 1. The Kier molecular flexibility index (Phi) is 4.40. The quantitative estimate of drug-likeness (QED) is 0.708. The van der Waals surface area contributed by atoms with Crippen molar-refractivity contribution >= 4 is 0 Å².